The Morgan fingerprint density at radius 1 is 1.12 bits per heavy atom. The topological polar surface area (TPSA) is 75.7 Å². The highest BCUT2D eigenvalue weighted by Crippen LogP contribution is 2.19. The van der Waals surface area contributed by atoms with Crippen molar-refractivity contribution in [1.82, 2.24) is 4.90 Å². The minimum Gasteiger partial charge on any atom is -0.456 e. The van der Waals surface area contributed by atoms with Crippen molar-refractivity contribution in [1.29, 1.82) is 0 Å². The summed E-state index contributed by atoms with van der Waals surface area (Å²) >= 11 is 0. The molecule has 0 aromatic heterocycles. The van der Waals surface area contributed by atoms with Gasteiger partial charge in [0.25, 0.3) is 11.8 Å². The zero-order valence-corrected chi connectivity index (χ0v) is 15.7. The average Bonchev–Trinajstić information content (AvgIpc) is 2.52. The van der Waals surface area contributed by atoms with Crippen molar-refractivity contribution in [3.63, 3.8) is 0 Å². The fourth-order valence-corrected chi connectivity index (χ4v) is 2.25. The van der Waals surface area contributed by atoms with Crippen LogP contribution in [0.1, 0.15) is 51.4 Å². The zero-order chi connectivity index (χ0) is 19.0. The Hall–Kier alpha value is -2.37. The van der Waals surface area contributed by atoms with E-state index in [0.717, 1.165) is 0 Å². The molecule has 6 nitrogen and oxygen atoms in total. The first-order valence-electron chi connectivity index (χ1n) is 8.51. The molecule has 0 unspecified atom stereocenters. The van der Waals surface area contributed by atoms with Gasteiger partial charge < -0.3 is 15.0 Å². The Balaban J connectivity index is 2.62. The van der Waals surface area contributed by atoms with Gasteiger partial charge in [0.1, 0.15) is 0 Å². The van der Waals surface area contributed by atoms with Crippen molar-refractivity contribution in [2.45, 2.75) is 41.0 Å². The summed E-state index contributed by atoms with van der Waals surface area (Å²) in [5.74, 6) is -0.930. The summed E-state index contributed by atoms with van der Waals surface area (Å²) in [6.45, 7) is 10.5. The van der Waals surface area contributed by atoms with Crippen LogP contribution < -0.4 is 5.32 Å². The molecule has 0 aliphatic heterocycles. The molecule has 0 bridgehead atoms. The average molecular weight is 348 g/mol. The standard InChI is InChI=1S/C19H28N2O4/c1-6-21(7-2)18(24)14-9-8-10-15(11-14)20-16(22)13-25-17(23)12-19(3,4)5/h8-11H,6-7,12-13H2,1-5H3,(H,20,22). The number of ether oxygens (including phenoxy) is 1. The predicted molar refractivity (Wildman–Crippen MR) is 97.4 cm³/mol. The summed E-state index contributed by atoms with van der Waals surface area (Å²) in [5.41, 5.74) is 0.813. The van der Waals surface area contributed by atoms with Crippen molar-refractivity contribution >= 4 is 23.5 Å². The summed E-state index contributed by atoms with van der Waals surface area (Å²) in [5, 5.41) is 2.64. The minimum atomic E-state index is -0.435. The fourth-order valence-electron chi connectivity index (χ4n) is 2.25. The lowest BCUT2D eigenvalue weighted by Crippen LogP contribution is -2.30. The summed E-state index contributed by atoms with van der Waals surface area (Å²) < 4.78 is 4.98. The SMILES string of the molecule is CCN(CC)C(=O)c1cccc(NC(=O)COC(=O)CC(C)(C)C)c1. The molecule has 0 radical (unpaired) electrons. The van der Waals surface area contributed by atoms with Gasteiger partial charge >= 0.3 is 5.97 Å². The van der Waals surface area contributed by atoms with Crippen molar-refractivity contribution in [2.75, 3.05) is 25.0 Å². The lowest BCUT2D eigenvalue weighted by molar-refractivity contribution is -0.149. The molecule has 0 aliphatic rings. The molecule has 0 saturated carbocycles. The van der Waals surface area contributed by atoms with E-state index in [4.69, 9.17) is 4.74 Å². The minimum absolute atomic E-state index is 0.0855. The molecule has 1 N–H and O–H groups in total. The van der Waals surface area contributed by atoms with E-state index in [1.54, 1.807) is 29.2 Å². The van der Waals surface area contributed by atoms with Gasteiger partial charge in [0.2, 0.25) is 0 Å². The second-order valence-corrected chi connectivity index (χ2v) is 7.00. The summed E-state index contributed by atoms with van der Waals surface area (Å²) in [6.07, 6.45) is 0.244. The van der Waals surface area contributed by atoms with Crippen LogP contribution in [0.25, 0.3) is 0 Å². The van der Waals surface area contributed by atoms with Crippen LogP contribution in [0.15, 0.2) is 24.3 Å². The van der Waals surface area contributed by atoms with E-state index in [-0.39, 0.29) is 24.3 Å². The summed E-state index contributed by atoms with van der Waals surface area (Å²) in [7, 11) is 0. The third-order valence-electron chi connectivity index (χ3n) is 3.48. The first kappa shape index (κ1) is 20.7. The number of carbonyl (C=O) groups excluding carboxylic acids is 3. The Morgan fingerprint density at radius 3 is 2.32 bits per heavy atom. The first-order chi connectivity index (χ1) is 11.7. The van der Waals surface area contributed by atoms with Gasteiger partial charge in [0.15, 0.2) is 6.61 Å². The molecule has 1 rings (SSSR count). The number of amides is 2. The summed E-state index contributed by atoms with van der Waals surface area (Å²) in [6, 6.07) is 6.72. The number of hydrogen-bond acceptors (Lipinski definition) is 4. The Kier molecular flexibility index (Phi) is 7.61. The molecule has 1 aromatic rings. The number of benzene rings is 1. The Bertz CT molecular complexity index is 616. The maximum Gasteiger partial charge on any atom is 0.306 e. The molecule has 2 amide bonds. The summed E-state index contributed by atoms with van der Waals surface area (Å²) in [4.78, 5) is 37.6. The van der Waals surface area contributed by atoms with Gasteiger partial charge in [0.05, 0.1) is 6.42 Å². The number of carbonyl (C=O) groups is 3. The number of hydrogen-bond donors (Lipinski definition) is 1. The maximum absolute atomic E-state index is 12.3. The molecule has 0 aliphatic carbocycles. The largest absolute Gasteiger partial charge is 0.456 e. The van der Waals surface area contributed by atoms with Gasteiger partial charge in [-0.1, -0.05) is 26.8 Å². The molecule has 25 heavy (non-hydrogen) atoms. The zero-order valence-electron chi connectivity index (χ0n) is 15.7. The molecular weight excluding hydrogens is 320 g/mol. The van der Waals surface area contributed by atoms with E-state index in [9.17, 15) is 14.4 Å². The van der Waals surface area contributed by atoms with Gasteiger partial charge in [-0.25, -0.2) is 0 Å². The molecule has 0 atom stereocenters. The molecular formula is C19H28N2O4. The Morgan fingerprint density at radius 2 is 1.76 bits per heavy atom. The lowest BCUT2D eigenvalue weighted by Gasteiger charge is -2.19. The number of anilines is 1. The maximum atomic E-state index is 12.3. The quantitative estimate of drug-likeness (QED) is 0.768. The third-order valence-corrected chi connectivity index (χ3v) is 3.48. The number of nitrogens with zero attached hydrogens (tertiary/aromatic N) is 1. The van der Waals surface area contributed by atoms with Gasteiger partial charge in [-0.15, -0.1) is 0 Å². The highest BCUT2D eigenvalue weighted by molar-refractivity contribution is 5.97. The van der Waals surface area contributed by atoms with E-state index in [2.05, 4.69) is 5.32 Å². The van der Waals surface area contributed by atoms with Crippen molar-refractivity contribution < 1.29 is 19.1 Å². The molecule has 0 fully saturated rings. The fraction of sp³-hybridized carbons (Fsp3) is 0.526. The number of rotatable bonds is 7. The van der Waals surface area contributed by atoms with E-state index >= 15 is 0 Å². The number of esters is 1. The molecule has 0 saturated heterocycles. The van der Waals surface area contributed by atoms with Crippen molar-refractivity contribution in [3.05, 3.63) is 29.8 Å². The van der Waals surface area contributed by atoms with Crippen LogP contribution in [0.2, 0.25) is 0 Å². The second kappa shape index (κ2) is 9.20. The van der Waals surface area contributed by atoms with Crippen LogP contribution in [-0.2, 0) is 14.3 Å². The normalized spacial score (nSPS) is 10.9. The Labute approximate surface area is 149 Å². The van der Waals surface area contributed by atoms with Gasteiger partial charge in [-0.05, 0) is 37.5 Å². The highest BCUT2D eigenvalue weighted by atomic mass is 16.5. The molecule has 1 aromatic carbocycles. The van der Waals surface area contributed by atoms with E-state index in [1.165, 1.54) is 0 Å². The van der Waals surface area contributed by atoms with Gasteiger partial charge in [0, 0.05) is 24.3 Å². The molecule has 6 heteroatoms. The molecule has 0 spiro atoms. The van der Waals surface area contributed by atoms with Gasteiger partial charge in [-0.3, -0.25) is 14.4 Å². The van der Waals surface area contributed by atoms with E-state index < -0.39 is 11.9 Å². The van der Waals surface area contributed by atoms with Crippen LogP contribution in [0, 0.1) is 5.41 Å². The van der Waals surface area contributed by atoms with Crippen LogP contribution >= 0.6 is 0 Å². The third kappa shape index (κ3) is 7.37. The molecule has 138 valence electrons. The first-order valence-corrected chi connectivity index (χ1v) is 8.51. The predicted octanol–water partition coefficient (Wildman–Crippen LogP) is 3.09. The van der Waals surface area contributed by atoms with Crippen LogP contribution in [0.4, 0.5) is 5.69 Å². The lowest BCUT2D eigenvalue weighted by atomic mass is 9.92. The van der Waals surface area contributed by atoms with Crippen molar-refractivity contribution in [3.8, 4) is 0 Å². The monoisotopic (exact) mass is 348 g/mol. The van der Waals surface area contributed by atoms with Crippen molar-refractivity contribution in [2.24, 2.45) is 5.41 Å². The van der Waals surface area contributed by atoms with Crippen LogP contribution in [0.3, 0.4) is 0 Å². The second-order valence-electron chi connectivity index (χ2n) is 7.00. The van der Waals surface area contributed by atoms with Gasteiger partial charge in [-0.2, -0.15) is 0 Å². The van der Waals surface area contributed by atoms with E-state index in [1.807, 2.05) is 34.6 Å². The number of nitrogens with one attached hydrogen (secondary N) is 1. The smallest absolute Gasteiger partial charge is 0.306 e. The van der Waals surface area contributed by atoms with Crippen LogP contribution in [0.5, 0.6) is 0 Å². The van der Waals surface area contributed by atoms with E-state index in [0.29, 0.717) is 24.3 Å². The van der Waals surface area contributed by atoms with Crippen LogP contribution in [-0.4, -0.2) is 42.4 Å². The highest BCUT2D eigenvalue weighted by Gasteiger charge is 2.18. The molecule has 0 heterocycles.